The largest absolute Gasteiger partial charge is 0.336 e. The maximum absolute atomic E-state index is 13.3. The Kier molecular flexibility index (Phi) is 6.16. The number of rotatable bonds is 5. The van der Waals surface area contributed by atoms with E-state index < -0.39 is 0 Å². The molecule has 0 atom stereocenters. The summed E-state index contributed by atoms with van der Waals surface area (Å²) in [5.74, 6) is 0.436. The van der Waals surface area contributed by atoms with Crippen LogP contribution < -0.4 is 5.32 Å². The summed E-state index contributed by atoms with van der Waals surface area (Å²) in [7, 11) is 0. The molecule has 1 fully saturated rings. The van der Waals surface area contributed by atoms with Crippen molar-refractivity contribution in [2.75, 3.05) is 18.4 Å². The van der Waals surface area contributed by atoms with Gasteiger partial charge in [0.2, 0.25) is 11.7 Å². The number of carbonyl (C=O) groups excluding carboxylic acids is 2. The van der Waals surface area contributed by atoms with Gasteiger partial charge in [0, 0.05) is 30.3 Å². The number of aromatic nitrogens is 3. The predicted molar refractivity (Wildman–Crippen MR) is 130 cm³/mol. The number of nitrogens with zero attached hydrogens (tertiary/aromatic N) is 4. The highest BCUT2D eigenvalue weighted by atomic mass is 16.2. The molecule has 3 aromatic carbocycles. The standard InChI is InChI=1S/C27H25N5O2/c33-26(28-22-12-6-2-7-13-22)21-16-18-31(19-17-21)27(34)24-29-25(20-10-4-1-5-11-20)32(30-24)23-14-8-3-9-15-23/h1-15,21H,16-19H2,(H,28,33). The van der Waals surface area contributed by atoms with Crippen LogP contribution in [0.2, 0.25) is 0 Å². The van der Waals surface area contributed by atoms with Crippen LogP contribution in [0.3, 0.4) is 0 Å². The van der Waals surface area contributed by atoms with Gasteiger partial charge in [-0.1, -0.05) is 66.7 Å². The number of nitrogens with one attached hydrogen (secondary N) is 1. The van der Waals surface area contributed by atoms with E-state index in [1.807, 2.05) is 91.0 Å². The maximum Gasteiger partial charge on any atom is 0.293 e. The fraction of sp³-hybridized carbons (Fsp3) is 0.185. The molecule has 7 nitrogen and oxygen atoms in total. The van der Waals surface area contributed by atoms with Gasteiger partial charge in [-0.15, -0.1) is 5.10 Å². The van der Waals surface area contributed by atoms with Crippen LogP contribution in [0.15, 0.2) is 91.0 Å². The Morgan fingerprint density at radius 1 is 0.794 bits per heavy atom. The third-order valence-electron chi connectivity index (χ3n) is 6.03. The molecule has 34 heavy (non-hydrogen) atoms. The molecule has 0 aliphatic carbocycles. The molecule has 0 spiro atoms. The Hall–Kier alpha value is -4.26. The molecule has 1 aliphatic rings. The minimum Gasteiger partial charge on any atom is -0.336 e. The first-order chi connectivity index (χ1) is 16.7. The number of benzene rings is 3. The second-order valence-corrected chi connectivity index (χ2v) is 8.29. The quantitative estimate of drug-likeness (QED) is 0.487. The van der Waals surface area contributed by atoms with Crippen molar-refractivity contribution >= 4 is 17.5 Å². The zero-order valence-electron chi connectivity index (χ0n) is 18.7. The van der Waals surface area contributed by atoms with Gasteiger partial charge in [-0.3, -0.25) is 9.59 Å². The van der Waals surface area contributed by atoms with Crippen molar-refractivity contribution in [3.63, 3.8) is 0 Å². The summed E-state index contributed by atoms with van der Waals surface area (Å²) < 4.78 is 1.71. The van der Waals surface area contributed by atoms with Gasteiger partial charge in [0.1, 0.15) is 0 Å². The van der Waals surface area contributed by atoms with Crippen molar-refractivity contribution in [3.05, 3.63) is 96.8 Å². The van der Waals surface area contributed by atoms with E-state index in [0.29, 0.717) is 31.8 Å². The summed E-state index contributed by atoms with van der Waals surface area (Å²) in [5.41, 5.74) is 2.51. The van der Waals surface area contributed by atoms with Crippen LogP contribution in [-0.4, -0.2) is 44.6 Å². The maximum atomic E-state index is 13.3. The monoisotopic (exact) mass is 451 g/mol. The zero-order valence-corrected chi connectivity index (χ0v) is 18.7. The number of hydrogen-bond donors (Lipinski definition) is 1. The lowest BCUT2D eigenvalue weighted by Crippen LogP contribution is -2.41. The van der Waals surface area contributed by atoms with E-state index >= 15 is 0 Å². The number of piperidine rings is 1. The molecule has 1 aliphatic heterocycles. The molecule has 1 aromatic heterocycles. The minimum absolute atomic E-state index is 0.00357. The van der Waals surface area contributed by atoms with E-state index in [1.165, 1.54) is 0 Å². The second kappa shape index (κ2) is 9.70. The Morgan fingerprint density at radius 3 is 2.03 bits per heavy atom. The van der Waals surface area contributed by atoms with Crippen molar-refractivity contribution in [2.45, 2.75) is 12.8 Å². The molecule has 4 aromatic rings. The lowest BCUT2D eigenvalue weighted by Gasteiger charge is -2.30. The molecule has 0 saturated carbocycles. The van der Waals surface area contributed by atoms with Crippen LogP contribution in [-0.2, 0) is 4.79 Å². The molecule has 2 amide bonds. The van der Waals surface area contributed by atoms with Gasteiger partial charge in [-0.25, -0.2) is 9.67 Å². The number of hydrogen-bond acceptors (Lipinski definition) is 4. The van der Waals surface area contributed by atoms with Gasteiger partial charge >= 0.3 is 0 Å². The highest BCUT2D eigenvalue weighted by Gasteiger charge is 2.30. The average molecular weight is 452 g/mol. The minimum atomic E-state index is -0.214. The second-order valence-electron chi connectivity index (χ2n) is 8.29. The fourth-order valence-corrected chi connectivity index (χ4v) is 4.18. The van der Waals surface area contributed by atoms with E-state index in [2.05, 4.69) is 15.4 Å². The summed E-state index contributed by atoms with van der Waals surface area (Å²) in [4.78, 5) is 32.3. The summed E-state index contributed by atoms with van der Waals surface area (Å²) in [5, 5.41) is 7.54. The van der Waals surface area contributed by atoms with Crippen LogP contribution in [0.1, 0.15) is 23.5 Å². The predicted octanol–water partition coefficient (Wildman–Crippen LogP) is 4.43. The summed E-state index contributed by atoms with van der Waals surface area (Å²) in [6, 6.07) is 28.8. The van der Waals surface area contributed by atoms with Gasteiger partial charge in [0.05, 0.1) is 5.69 Å². The van der Waals surface area contributed by atoms with E-state index in [9.17, 15) is 9.59 Å². The molecule has 170 valence electrons. The summed E-state index contributed by atoms with van der Waals surface area (Å²) in [6.45, 7) is 0.985. The summed E-state index contributed by atoms with van der Waals surface area (Å²) in [6.07, 6.45) is 1.21. The summed E-state index contributed by atoms with van der Waals surface area (Å²) >= 11 is 0. The number of carbonyl (C=O) groups is 2. The topological polar surface area (TPSA) is 80.1 Å². The first-order valence-electron chi connectivity index (χ1n) is 11.4. The zero-order chi connectivity index (χ0) is 23.3. The molecule has 1 saturated heterocycles. The molecular weight excluding hydrogens is 426 g/mol. The van der Waals surface area contributed by atoms with Crippen molar-refractivity contribution in [3.8, 4) is 17.1 Å². The lowest BCUT2D eigenvalue weighted by atomic mass is 9.95. The van der Waals surface area contributed by atoms with Crippen LogP contribution in [0.5, 0.6) is 0 Å². The molecule has 5 rings (SSSR count). The molecular formula is C27H25N5O2. The average Bonchev–Trinajstić information content (AvgIpc) is 3.36. The third kappa shape index (κ3) is 4.59. The number of anilines is 1. The van der Waals surface area contributed by atoms with Crippen molar-refractivity contribution in [2.24, 2.45) is 5.92 Å². The smallest absolute Gasteiger partial charge is 0.293 e. The highest BCUT2D eigenvalue weighted by Crippen LogP contribution is 2.24. The molecule has 0 unspecified atom stereocenters. The molecule has 0 bridgehead atoms. The van der Waals surface area contributed by atoms with Crippen LogP contribution >= 0.6 is 0 Å². The Bertz CT molecular complexity index is 1210. The normalized spacial score (nSPS) is 14.1. The van der Waals surface area contributed by atoms with E-state index in [0.717, 1.165) is 16.9 Å². The number of para-hydroxylation sites is 2. The van der Waals surface area contributed by atoms with Crippen molar-refractivity contribution < 1.29 is 9.59 Å². The van der Waals surface area contributed by atoms with E-state index in [4.69, 9.17) is 0 Å². The highest BCUT2D eigenvalue weighted by molar-refractivity contribution is 5.93. The van der Waals surface area contributed by atoms with Crippen LogP contribution in [0, 0.1) is 5.92 Å². The Labute approximate surface area is 198 Å². The number of likely N-dealkylation sites (tertiary alicyclic amines) is 1. The van der Waals surface area contributed by atoms with Gasteiger partial charge in [-0.05, 0) is 37.1 Å². The molecule has 0 radical (unpaired) electrons. The van der Waals surface area contributed by atoms with Crippen molar-refractivity contribution in [1.29, 1.82) is 0 Å². The van der Waals surface area contributed by atoms with Gasteiger partial charge < -0.3 is 10.2 Å². The van der Waals surface area contributed by atoms with Crippen LogP contribution in [0.4, 0.5) is 5.69 Å². The number of amides is 2. The van der Waals surface area contributed by atoms with E-state index in [-0.39, 0.29) is 23.6 Å². The van der Waals surface area contributed by atoms with E-state index in [1.54, 1.807) is 9.58 Å². The molecule has 7 heteroatoms. The van der Waals surface area contributed by atoms with Gasteiger partial charge in [-0.2, -0.15) is 0 Å². The third-order valence-corrected chi connectivity index (χ3v) is 6.03. The molecule has 1 N–H and O–H groups in total. The van der Waals surface area contributed by atoms with Crippen molar-refractivity contribution in [1.82, 2.24) is 19.7 Å². The lowest BCUT2D eigenvalue weighted by molar-refractivity contribution is -0.121. The SMILES string of the molecule is O=C(Nc1ccccc1)C1CCN(C(=O)c2nc(-c3ccccc3)n(-c3ccccc3)n2)CC1. The Morgan fingerprint density at radius 2 is 1.38 bits per heavy atom. The fourth-order valence-electron chi connectivity index (χ4n) is 4.18. The van der Waals surface area contributed by atoms with Crippen LogP contribution in [0.25, 0.3) is 17.1 Å². The van der Waals surface area contributed by atoms with Gasteiger partial charge in [0.15, 0.2) is 5.82 Å². The first kappa shape index (κ1) is 21.6. The van der Waals surface area contributed by atoms with Gasteiger partial charge in [0.25, 0.3) is 5.91 Å². The Balaban J connectivity index is 1.31. The first-order valence-corrected chi connectivity index (χ1v) is 11.4. The molecule has 2 heterocycles.